The number of rotatable bonds is 2. The second kappa shape index (κ2) is 5.66. The van der Waals surface area contributed by atoms with Gasteiger partial charge >= 0.3 is 0 Å². The summed E-state index contributed by atoms with van der Waals surface area (Å²) in [5.41, 5.74) is 0. The molecule has 104 valence electrons. The van der Waals surface area contributed by atoms with Crippen LogP contribution in [0.3, 0.4) is 0 Å². The first kappa shape index (κ1) is 13.2. The van der Waals surface area contributed by atoms with Gasteiger partial charge in [0.2, 0.25) is 11.0 Å². The van der Waals surface area contributed by atoms with Crippen molar-refractivity contribution in [1.29, 1.82) is 0 Å². The molecule has 2 aliphatic rings. The Hall–Kier alpha value is -0.820. The molecule has 0 aliphatic carbocycles. The molecule has 1 atom stereocenters. The third-order valence-electron chi connectivity index (χ3n) is 3.62. The normalized spacial score (nSPS) is 23.9. The number of carbonyl (C=O) groups is 1. The molecule has 1 unspecified atom stereocenters. The largest absolute Gasteiger partial charge is 0.339 e. The summed E-state index contributed by atoms with van der Waals surface area (Å²) < 4.78 is 4.23. The van der Waals surface area contributed by atoms with Crippen LogP contribution in [-0.4, -0.2) is 57.3 Å². The molecular weight excluding hydrogens is 280 g/mol. The number of nitrogens with zero attached hydrogens (tertiary/aromatic N) is 4. The number of thioether (sulfide) groups is 1. The van der Waals surface area contributed by atoms with Gasteiger partial charge in [0.1, 0.15) is 11.9 Å². The summed E-state index contributed by atoms with van der Waals surface area (Å²) in [4.78, 5) is 21.2. The van der Waals surface area contributed by atoms with Gasteiger partial charge in [-0.05, 0) is 19.8 Å². The van der Waals surface area contributed by atoms with Crippen LogP contribution in [0.15, 0.2) is 0 Å². The molecule has 2 aliphatic heterocycles. The molecule has 1 amide bonds. The number of aromatic nitrogens is 2. The van der Waals surface area contributed by atoms with Crippen molar-refractivity contribution in [2.24, 2.45) is 0 Å². The Bertz CT molecular complexity index is 458. The molecule has 5 nitrogen and oxygen atoms in total. The number of hydrogen-bond acceptors (Lipinski definition) is 6. The van der Waals surface area contributed by atoms with E-state index in [9.17, 15) is 4.79 Å². The zero-order valence-corrected chi connectivity index (χ0v) is 12.7. The summed E-state index contributed by atoms with van der Waals surface area (Å²) in [6.45, 7) is 4.61. The highest BCUT2D eigenvalue weighted by Gasteiger charge is 2.35. The lowest BCUT2D eigenvalue weighted by atomic mass is 10.2. The number of carbonyl (C=O) groups excluding carboxylic acids is 1. The van der Waals surface area contributed by atoms with Crippen molar-refractivity contribution < 1.29 is 4.79 Å². The van der Waals surface area contributed by atoms with Gasteiger partial charge in [0.25, 0.3) is 0 Å². The molecule has 1 aromatic rings. The van der Waals surface area contributed by atoms with Crippen LogP contribution in [0, 0.1) is 6.92 Å². The third-order valence-corrected chi connectivity index (χ3v) is 5.41. The van der Waals surface area contributed by atoms with E-state index in [1.165, 1.54) is 11.5 Å². The van der Waals surface area contributed by atoms with E-state index in [-0.39, 0.29) is 11.9 Å². The summed E-state index contributed by atoms with van der Waals surface area (Å²) >= 11 is 3.34. The van der Waals surface area contributed by atoms with Crippen molar-refractivity contribution in [2.45, 2.75) is 25.8 Å². The van der Waals surface area contributed by atoms with Crippen molar-refractivity contribution in [3.05, 3.63) is 5.82 Å². The summed E-state index contributed by atoms with van der Waals surface area (Å²) in [6.07, 6.45) is 2.01. The van der Waals surface area contributed by atoms with Gasteiger partial charge in [-0.3, -0.25) is 4.79 Å². The van der Waals surface area contributed by atoms with E-state index in [0.717, 1.165) is 54.9 Å². The summed E-state index contributed by atoms with van der Waals surface area (Å²) in [7, 11) is 0. The molecule has 0 aromatic carbocycles. The minimum absolute atomic E-state index is 0.0181. The monoisotopic (exact) mass is 298 g/mol. The predicted octanol–water partition coefficient (Wildman–Crippen LogP) is 1.39. The quantitative estimate of drug-likeness (QED) is 0.826. The zero-order chi connectivity index (χ0) is 13.2. The van der Waals surface area contributed by atoms with Gasteiger partial charge < -0.3 is 9.80 Å². The molecule has 2 saturated heterocycles. The van der Waals surface area contributed by atoms with Gasteiger partial charge in [0, 0.05) is 42.7 Å². The van der Waals surface area contributed by atoms with Crippen LogP contribution in [0.5, 0.6) is 0 Å². The first-order valence-corrected chi connectivity index (χ1v) is 8.62. The lowest BCUT2D eigenvalue weighted by Gasteiger charge is -2.32. The summed E-state index contributed by atoms with van der Waals surface area (Å²) in [5.74, 6) is 3.21. The van der Waals surface area contributed by atoms with Gasteiger partial charge in [0.15, 0.2) is 0 Å². The molecule has 0 spiro atoms. The Kier molecular flexibility index (Phi) is 3.93. The van der Waals surface area contributed by atoms with Crippen LogP contribution >= 0.6 is 23.3 Å². The van der Waals surface area contributed by atoms with E-state index in [1.807, 2.05) is 23.6 Å². The number of hydrogen-bond donors (Lipinski definition) is 0. The van der Waals surface area contributed by atoms with E-state index in [4.69, 9.17) is 0 Å². The minimum atomic E-state index is -0.0181. The van der Waals surface area contributed by atoms with Crippen LogP contribution in [0.25, 0.3) is 0 Å². The SMILES string of the molecule is Cc1nsc(N2CCCC2C(=O)N2CCSCC2)n1. The van der Waals surface area contributed by atoms with Crippen molar-refractivity contribution in [2.75, 3.05) is 36.0 Å². The van der Waals surface area contributed by atoms with Gasteiger partial charge in [-0.1, -0.05) is 0 Å². The molecule has 3 rings (SSSR count). The molecule has 2 fully saturated rings. The first-order valence-electron chi connectivity index (χ1n) is 6.69. The zero-order valence-electron chi connectivity index (χ0n) is 11.0. The van der Waals surface area contributed by atoms with Crippen molar-refractivity contribution in [1.82, 2.24) is 14.3 Å². The maximum Gasteiger partial charge on any atom is 0.245 e. The molecule has 19 heavy (non-hydrogen) atoms. The fourth-order valence-corrected chi connectivity index (χ4v) is 4.30. The maximum absolute atomic E-state index is 12.6. The molecular formula is C12H18N4OS2. The first-order chi connectivity index (χ1) is 9.25. The van der Waals surface area contributed by atoms with Gasteiger partial charge in [-0.25, -0.2) is 4.98 Å². The molecule has 7 heteroatoms. The van der Waals surface area contributed by atoms with Gasteiger partial charge in [-0.2, -0.15) is 16.1 Å². The molecule has 0 saturated carbocycles. The summed E-state index contributed by atoms with van der Waals surface area (Å²) in [6, 6.07) is -0.0181. The maximum atomic E-state index is 12.6. The highest BCUT2D eigenvalue weighted by atomic mass is 32.2. The van der Waals surface area contributed by atoms with E-state index < -0.39 is 0 Å². The lowest BCUT2D eigenvalue weighted by molar-refractivity contribution is -0.132. The van der Waals surface area contributed by atoms with Crippen LogP contribution in [-0.2, 0) is 4.79 Å². The Labute approximate surface area is 121 Å². The second-order valence-corrected chi connectivity index (χ2v) is 6.87. The summed E-state index contributed by atoms with van der Waals surface area (Å²) in [5, 5.41) is 0.903. The molecule has 3 heterocycles. The van der Waals surface area contributed by atoms with Gasteiger partial charge in [0.05, 0.1) is 0 Å². The van der Waals surface area contributed by atoms with E-state index in [1.54, 1.807) is 0 Å². The highest BCUT2D eigenvalue weighted by molar-refractivity contribution is 7.99. The van der Waals surface area contributed by atoms with E-state index in [2.05, 4.69) is 14.3 Å². The van der Waals surface area contributed by atoms with Crippen molar-refractivity contribution in [3.8, 4) is 0 Å². The standard InChI is InChI=1S/C12H18N4OS2/c1-9-13-12(19-14-9)16-4-2-3-10(16)11(17)15-5-7-18-8-6-15/h10H,2-8H2,1H3. The topological polar surface area (TPSA) is 49.3 Å². The molecule has 0 radical (unpaired) electrons. The Morgan fingerprint density at radius 3 is 2.79 bits per heavy atom. The Balaban J connectivity index is 1.73. The Morgan fingerprint density at radius 2 is 2.11 bits per heavy atom. The fraction of sp³-hybridized carbons (Fsp3) is 0.750. The third kappa shape index (κ3) is 2.72. The Morgan fingerprint density at radius 1 is 1.32 bits per heavy atom. The predicted molar refractivity (Wildman–Crippen MR) is 78.9 cm³/mol. The highest BCUT2D eigenvalue weighted by Crippen LogP contribution is 2.28. The molecule has 1 aromatic heterocycles. The number of amides is 1. The minimum Gasteiger partial charge on any atom is -0.339 e. The van der Waals surface area contributed by atoms with Crippen LogP contribution in [0.4, 0.5) is 5.13 Å². The van der Waals surface area contributed by atoms with Crippen molar-refractivity contribution in [3.63, 3.8) is 0 Å². The molecule has 0 N–H and O–H groups in total. The number of anilines is 1. The fourth-order valence-electron chi connectivity index (χ4n) is 2.65. The second-order valence-electron chi connectivity index (χ2n) is 4.91. The van der Waals surface area contributed by atoms with Crippen LogP contribution in [0.2, 0.25) is 0 Å². The van der Waals surface area contributed by atoms with Crippen molar-refractivity contribution >= 4 is 34.3 Å². The van der Waals surface area contributed by atoms with Gasteiger partial charge in [-0.15, -0.1) is 0 Å². The smallest absolute Gasteiger partial charge is 0.245 e. The van der Waals surface area contributed by atoms with E-state index in [0.29, 0.717) is 0 Å². The lowest BCUT2D eigenvalue weighted by Crippen LogP contribution is -2.48. The van der Waals surface area contributed by atoms with E-state index >= 15 is 0 Å². The van der Waals surface area contributed by atoms with Crippen LogP contribution < -0.4 is 4.90 Å². The molecule has 0 bridgehead atoms. The number of aryl methyl sites for hydroxylation is 1. The van der Waals surface area contributed by atoms with Crippen LogP contribution in [0.1, 0.15) is 18.7 Å². The average Bonchev–Trinajstić information content (AvgIpc) is 3.07. The average molecular weight is 298 g/mol.